The van der Waals surface area contributed by atoms with Gasteiger partial charge in [0, 0.05) is 0 Å². The van der Waals surface area contributed by atoms with Gasteiger partial charge in [0.05, 0.1) is 0 Å². The summed E-state index contributed by atoms with van der Waals surface area (Å²) >= 11 is -2.24. The average Bonchev–Trinajstić information content (AvgIpc) is 2.53. The van der Waals surface area contributed by atoms with Crippen molar-refractivity contribution in [1.82, 2.24) is 0 Å². The number of aryl methyl sites for hydroxylation is 1. The van der Waals surface area contributed by atoms with E-state index in [2.05, 4.69) is 6.92 Å². The topological polar surface area (TPSA) is 46.5 Å². The van der Waals surface area contributed by atoms with Crippen LogP contribution in [0.25, 0.3) is 0 Å². The van der Waals surface area contributed by atoms with E-state index in [0.717, 1.165) is 6.42 Å². The van der Waals surface area contributed by atoms with Crippen molar-refractivity contribution in [3.63, 3.8) is 0 Å². The largest absolute Gasteiger partial charge is 0.380 e. The number of benzene rings is 1. The van der Waals surface area contributed by atoms with E-state index in [4.69, 9.17) is 8.74 Å². The zero-order valence-electron chi connectivity index (χ0n) is 14.5. The van der Waals surface area contributed by atoms with Crippen molar-refractivity contribution in [3.8, 4) is 5.75 Å². The minimum absolute atomic E-state index is 0.438. The highest BCUT2D eigenvalue weighted by Gasteiger charge is 1.99. The van der Waals surface area contributed by atoms with Crippen molar-refractivity contribution in [3.05, 3.63) is 29.8 Å². The molecule has 3 nitrogen and oxygen atoms in total. The number of rotatable bonds is 14. The lowest BCUT2D eigenvalue weighted by atomic mass is 10.0. The van der Waals surface area contributed by atoms with Crippen molar-refractivity contribution < 1.29 is 12.9 Å². The second-order valence-electron chi connectivity index (χ2n) is 6.23. The van der Waals surface area contributed by atoms with Crippen LogP contribution in [0.1, 0.15) is 83.1 Å². The molecule has 1 aromatic rings. The van der Waals surface area contributed by atoms with Crippen LogP contribution in [0.15, 0.2) is 24.3 Å². The van der Waals surface area contributed by atoms with Crippen molar-refractivity contribution in [1.29, 1.82) is 0 Å². The molecule has 1 N–H and O–H groups in total. The highest BCUT2D eigenvalue weighted by atomic mass is 32.2. The first-order valence-electron chi connectivity index (χ1n) is 9.10. The number of unbranched alkanes of at least 4 members (excludes halogenated alkanes) is 10. The summed E-state index contributed by atoms with van der Waals surface area (Å²) < 4.78 is 23.9. The fourth-order valence-electron chi connectivity index (χ4n) is 2.79. The van der Waals surface area contributed by atoms with Gasteiger partial charge in [0.2, 0.25) is 0 Å². The van der Waals surface area contributed by atoms with Gasteiger partial charge in [0.1, 0.15) is 5.75 Å². The Kier molecular flexibility index (Phi) is 11.9. The van der Waals surface area contributed by atoms with Crippen molar-refractivity contribution in [2.45, 2.75) is 84.0 Å². The van der Waals surface area contributed by atoms with Gasteiger partial charge in [-0.15, -0.1) is 0 Å². The first-order chi connectivity index (χ1) is 11.2. The maximum absolute atomic E-state index is 10.5. The lowest BCUT2D eigenvalue weighted by Crippen LogP contribution is -1.97. The van der Waals surface area contributed by atoms with Gasteiger partial charge < -0.3 is 4.18 Å². The molecule has 0 saturated carbocycles. The summed E-state index contributed by atoms with van der Waals surface area (Å²) in [6, 6.07) is 7.45. The molecule has 23 heavy (non-hydrogen) atoms. The Morgan fingerprint density at radius 1 is 0.826 bits per heavy atom. The summed E-state index contributed by atoms with van der Waals surface area (Å²) in [5.74, 6) is 0.438. The summed E-state index contributed by atoms with van der Waals surface area (Å²) in [6.45, 7) is 2.26. The molecule has 1 rings (SSSR count). The van der Waals surface area contributed by atoms with E-state index >= 15 is 0 Å². The van der Waals surface area contributed by atoms with Crippen LogP contribution in [0.3, 0.4) is 0 Å². The zero-order chi connectivity index (χ0) is 16.8. The molecule has 0 fully saturated rings. The number of hydrogen-bond acceptors (Lipinski definition) is 2. The molecule has 0 aliphatic heterocycles. The van der Waals surface area contributed by atoms with E-state index in [9.17, 15) is 4.21 Å². The highest BCUT2D eigenvalue weighted by Crippen LogP contribution is 2.16. The Bertz CT molecular complexity index is 417. The molecule has 0 aromatic heterocycles. The first kappa shape index (κ1) is 20.2. The van der Waals surface area contributed by atoms with Gasteiger partial charge >= 0.3 is 11.4 Å². The maximum atomic E-state index is 10.5. The third-order valence-electron chi connectivity index (χ3n) is 4.16. The third kappa shape index (κ3) is 11.3. The smallest absolute Gasteiger partial charge is 0.357 e. The van der Waals surface area contributed by atoms with E-state index in [0.29, 0.717) is 5.75 Å². The molecular weight excluding hydrogens is 308 g/mol. The molecule has 1 unspecified atom stereocenters. The summed E-state index contributed by atoms with van der Waals surface area (Å²) in [5.41, 5.74) is 1.26. The van der Waals surface area contributed by atoms with Gasteiger partial charge in [-0.2, -0.15) is 4.21 Å². The SMILES string of the molecule is CCCCCCCCCCCCCc1ccc(OS(=O)O)cc1. The Hall–Kier alpha value is -0.870. The molecule has 0 spiro atoms. The third-order valence-corrected chi connectivity index (χ3v) is 4.49. The highest BCUT2D eigenvalue weighted by molar-refractivity contribution is 7.74. The Labute approximate surface area is 144 Å². The molecule has 0 aliphatic carbocycles. The minimum atomic E-state index is -2.24. The summed E-state index contributed by atoms with van der Waals surface area (Å²) in [5, 5.41) is 0. The van der Waals surface area contributed by atoms with Gasteiger partial charge in [0.15, 0.2) is 0 Å². The van der Waals surface area contributed by atoms with Gasteiger partial charge in [-0.3, -0.25) is 4.55 Å². The second-order valence-corrected chi connectivity index (χ2v) is 6.83. The Morgan fingerprint density at radius 2 is 1.30 bits per heavy atom. The van der Waals surface area contributed by atoms with E-state index in [1.165, 1.54) is 76.2 Å². The fourth-order valence-corrected chi connectivity index (χ4v) is 3.06. The summed E-state index contributed by atoms with van der Waals surface area (Å²) in [6.07, 6.45) is 16.0. The van der Waals surface area contributed by atoms with Crippen LogP contribution in [0.2, 0.25) is 0 Å². The monoisotopic (exact) mass is 340 g/mol. The van der Waals surface area contributed by atoms with Gasteiger partial charge in [0.25, 0.3) is 0 Å². The number of hydrogen-bond donors (Lipinski definition) is 1. The molecule has 0 aliphatic rings. The van der Waals surface area contributed by atoms with Gasteiger partial charge in [-0.25, -0.2) is 0 Å². The zero-order valence-corrected chi connectivity index (χ0v) is 15.3. The van der Waals surface area contributed by atoms with Gasteiger partial charge in [-0.1, -0.05) is 83.3 Å². The molecule has 0 radical (unpaired) electrons. The molecule has 0 bridgehead atoms. The van der Waals surface area contributed by atoms with E-state index in [1.807, 2.05) is 12.1 Å². The lowest BCUT2D eigenvalue weighted by Gasteiger charge is -2.04. The fraction of sp³-hybridized carbons (Fsp3) is 0.684. The van der Waals surface area contributed by atoms with Crippen LogP contribution >= 0.6 is 0 Å². The Morgan fingerprint density at radius 3 is 1.78 bits per heavy atom. The van der Waals surface area contributed by atoms with Crippen molar-refractivity contribution in [2.75, 3.05) is 0 Å². The van der Waals surface area contributed by atoms with Gasteiger partial charge in [-0.05, 0) is 30.5 Å². The molecule has 4 heteroatoms. The van der Waals surface area contributed by atoms with Crippen LogP contribution in [-0.4, -0.2) is 8.76 Å². The average molecular weight is 341 g/mol. The predicted octanol–water partition coefficient (Wildman–Crippen LogP) is 6.06. The molecular formula is C19H32O3S. The lowest BCUT2D eigenvalue weighted by molar-refractivity contribution is 0.458. The summed E-state index contributed by atoms with van der Waals surface area (Å²) in [7, 11) is 0. The predicted molar refractivity (Wildman–Crippen MR) is 98.0 cm³/mol. The standard InChI is InChI=1S/C19H32O3S/c1-2-3-4-5-6-7-8-9-10-11-12-13-18-14-16-19(17-15-18)22-23(20)21/h14-17H,2-13H2,1H3,(H,20,21). The first-order valence-corrected chi connectivity index (χ1v) is 10.1. The van der Waals surface area contributed by atoms with E-state index in [-0.39, 0.29) is 0 Å². The second kappa shape index (κ2) is 13.6. The minimum Gasteiger partial charge on any atom is -0.380 e. The van der Waals surface area contributed by atoms with Crippen LogP contribution in [0, 0.1) is 0 Å². The molecule has 1 aromatic carbocycles. The molecule has 0 heterocycles. The van der Waals surface area contributed by atoms with E-state index < -0.39 is 11.4 Å². The van der Waals surface area contributed by atoms with Crippen LogP contribution < -0.4 is 4.18 Å². The Balaban J connectivity index is 1.95. The molecule has 0 saturated heterocycles. The quantitative estimate of drug-likeness (QED) is 0.331. The van der Waals surface area contributed by atoms with E-state index in [1.54, 1.807) is 12.1 Å². The molecule has 132 valence electrons. The van der Waals surface area contributed by atoms with Crippen molar-refractivity contribution >= 4 is 11.4 Å². The van der Waals surface area contributed by atoms with Crippen molar-refractivity contribution in [2.24, 2.45) is 0 Å². The van der Waals surface area contributed by atoms with Crippen LogP contribution in [0.4, 0.5) is 0 Å². The normalized spacial score (nSPS) is 12.3. The van der Waals surface area contributed by atoms with Crippen LogP contribution in [-0.2, 0) is 17.8 Å². The maximum Gasteiger partial charge on any atom is 0.357 e. The molecule has 1 atom stereocenters. The van der Waals surface area contributed by atoms with Crippen LogP contribution in [0.5, 0.6) is 5.75 Å². The summed E-state index contributed by atoms with van der Waals surface area (Å²) in [4.78, 5) is 0. The molecule has 0 amide bonds.